The maximum atomic E-state index is 5.92. The van der Waals surface area contributed by atoms with Gasteiger partial charge >= 0.3 is 0 Å². The van der Waals surface area contributed by atoms with Gasteiger partial charge in [-0.3, -0.25) is 0 Å². The van der Waals surface area contributed by atoms with E-state index in [0.717, 1.165) is 19.7 Å². The molecule has 76 valence electrons. The van der Waals surface area contributed by atoms with Crippen molar-refractivity contribution in [1.29, 1.82) is 0 Å². The molecular weight excluding hydrogens is 244 g/mol. The Kier molecular flexibility index (Phi) is 3.62. The lowest BCUT2D eigenvalue weighted by Crippen LogP contribution is -1.75. The van der Waals surface area contributed by atoms with Gasteiger partial charge in [-0.15, -0.1) is 12.6 Å². The second-order valence-corrected chi connectivity index (χ2v) is 5.06. The molecule has 0 aromatic heterocycles. The van der Waals surface area contributed by atoms with E-state index in [0.29, 0.717) is 0 Å². The van der Waals surface area contributed by atoms with Crippen molar-refractivity contribution in [3.05, 3.63) is 53.6 Å². The SMILES string of the molecule is Sc1ccccc1Sc1cccc(Cl)c1. The molecule has 2 rings (SSSR count). The van der Waals surface area contributed by atoms with Gasteiger partial charge in [-0.1, -0.05) is 41.6 Å². The van der Waals surface area contributed by atoms with Crippen LogP contribution in [-0.2, 0) is 0 Å². The topological polar surface area (TPSA) is 0 Å². The molecule has 0 N–H and O–H groups in total. The Hall–Kier alpha value is -0.570. The molecule has 0 heterocycles. The summed E-state index contributed by atoms with van der Waals surface area (Å²) >= 11 is 12.0. The predicted molar refractivity (Wildman–Crippen MR) is 69.3 cm³/mol. The van der Waals surface area contributed by atoms with E-state index in [1.54, 1.807) is 11.8 Å². The fraction of sp³-hybridized carbons (Fsp3) is 0. The Morgan fingerprint density at radius 1 is 1.00 bits per heavy atom. The highest BCUT2D eigenvalue weighted by atomic mass is 35.5. The normalized spacial score (nSPS) is 10.3. The number of halogens is 1. The second-order valence-electron chi connectivity index (χ2n) is 3.03. The van der Waals surface area contributed by atoms with Crippen LogP contribution >= 0.6 is 36.0 Å². The summed E-state index contributed by atoms with van der Waals surface area (Å²) in [4.78, 5) is 3.26. The maximum absolute atomic E-state index is 5.92. The lowest BCUT2D eigenvalue weighted by molar-refractivity contribution is 1.25. The molecule has 0 amide bonds. The molecule has 0 aliphatic rings. The summed E-state index contributed by atoms with van der Waals surface area (Å²) in [6, 6.07) is 15.8. The van der Waals surface area contributed by atoms with Gasteiger partial charge in [0.2, 0.25) is 0 Å². The molecule has 15 heavy (non-hydrogen) atoms. The largest absolute Gasteiger partial charge is 0.142 e. The first kappa shape index (κ1) is 10.9. The van der Waals surface area contributed by atoms with Crippen LogP contribution in [0.2, 0.25) is 5.02 Å². The van der Waals surface area contributed by atoms with Crippen molar-refractivity contribution in [2.24, 2.45) is 0 Å². The highest BCUT2D eigenvalue weighted by molar-refractivity contribution is 7.99. The number of benzene rings is 2. The minimum absolute atomic E-state index is 0.761. The third kappa shape index (κ3) is 2.94. The summed E-state index contributed by atoms with van der Waals surface area (Å²) in [5, 5.41) is 0.761. The average Bonchev–Trinajstić information content (AvgIpc) is 2.22. The van der Waals surface area contributed by atoms with E-state index in [4.69, 9.17) is 11.6 Å². The molecule has 3 heteroatoms. The zero-order chi connectivity index (χ0) is 10.7. The molecule has 0 spiro atoms. The molecular formula is C12H9ClS2. The summed E-state index contributed by atoms with van der Waals surface area (Å²) < 4.78 is 0. The highest BCUT2D eigenvalue weighted by Gasteiger charge is 2.00. The Labute approximate surface area is 104 Å². The summed E-state index contributed by atoms with van der Waals surface area (Å²) in [7, 11) is 0. The molecule has 0 saturated carbocycles. The second kappa shape index (κ2) is 4.97. The van der Waals surface area contributed by atoms with E-state index in [2.05, 4.69) is 12.6 Å². The molecule has 2 aromatic rings. The molecule has 0 aliphatic heterocycles. The van der Waals surface area contributed by atoms with Crippen molar-refractivity contribution >= 4 is 36.0 Å². The van der Waals surface area contributed by atoms with Crippen LogP contribution in [0.15, 0.2) is 63.2 Å². The molecule has 0 atom stereocenters. The van der Waals surface area contributed by atoms with Gasteiger partial charge in [-0.25, -0.2) is 0 Å². The minimum atomic E-state index is 0.761. The Morgan fingerprint density at radius 3 is 2.53 bits per heavy atom. The first-order valence-electron chi connectivity index (χ1n) is 4.47. The standard InChI is InChI=1S/C12H9ClS2/c13-9-4-3-5-10(8-9)15-12-7-2-1-6-11(12)14/h1-8,14H. The molecule has 0 saturated heterocycles. The van der Waals surface area contributed by atoms with Gasteiger partial charge < -0.3 is 0 Å². The molecule has 0 bridgehead atoms. The molecule has 0 fully saturated rings. The average molecular weight is 253 g/mol. The van der Waals surface area contributed by atoms with E-state index < -0.39 is 0 Å². The molecule has 0 radical (unpaired) electrons. The van der Waals surface area contributed by atoms with Crippen LogP contribution in [0.5, 0.6) is 0 Å². The first-order valence-corrected chi connectivity index (χ1v) is 6.11. The summed E-state index contributed by atoms with van der Waals surface area (Å²) in [6.45, 7) is 0. The van der Waals surface area contributed by atoms with Gasteiger partial charge in [-0.2, -0.15) is 0 Å². The van der Waals surface area contributed by atoms with E-state index in [-0.39, 0.29) is 0 Å². The third-order valence-electron chi connectivity index (χ3n) is 1.89. The smallest absolute Gasteiger partial charge is 0.0417 e. The molecule has 2 aromatic carbocycles. The molecule has 0 unspecified atom stereocenters. The lowest BCUT2D eigenvalue weighted by Gasteiger charge is -2.04. The van der Waals surface area contributed by atoms with Gasteiger partial charge in [0.05, 0.1) is 0 Å². The van der Waals surface area contributed by atoms with Crippen molar-refractivity contribution in [1.82, 2.24) is 0 Å². The summed E-state index contributed by atoms with van der Waals surface area (Å²) in [5.74, 6) is 0. The van der Waals surface area contributed by atoms with Crippen molar-refractivity contribution in [3.8, 4) is 0 Å². The van der Waals surface area contributed by atoms with Crippen LogP contribution in [0.25, 0.3) is 0 Å². The van der Waals surface area contributed by atoms with Gasteiger partial charge in [0.1, 0.15) is 0 Å². The maximum Gasteiger partial charge on any atom is 0.0417 e. The van der Waals surface area contributed by atoms with E-state index in [1.807, 2.05) is 48.5 Å². The van der Waals surface area contributed by atoms with Crippen molar-refractivity contribution in [3.63, 3.8) is 0 Å². The monoisotopic (exact) mass is 252 g/mol. The van der Waals surface area contributed by atoms with Gasteiger partial charge in [0.15, 0.2) is 0 Å². The van der Waals surface area contributed by atoms with E-state index in [1.165, 1.54) is 0 Å². The lowest BCUT2D eigenvalue weighted by atomic mass is 10.4. The number of thiol groups is 1. The Balaban J connectivity index is 2.26. The van der Waals surface area contributed by atoms with Crippen LogP contribution in [0, 0.1) is 0 Å². The number of hydrogen-bond acceptors (Lipinski definition) is 2. The van der Waals surface area contributed by atoms with Crippen LogP contribution in [0.1, 0.15) is 0 Å². The van der Waals surface area contributed by atoms with Crippen LogP contribution in [-0.4, -0.2) is 0 Å². The Morgan fingerprint density at radius 2 is 1.80 bits per heavy atom. The number of rotatable bonds is 2. The highest BCUT2D eigenvalue weighted by Crippen LogP contribution is 2.32. The summed E-state index contributed by atoms with van der Waals surface area (Å²) in [5.41, 5.74) is 0. The van der Waals surface area contributed by atoms with Gasteiger partial charge in [-0.05, 0) is 30.3 Å². The Bertz CT molecular complexity index is 469. The van der Waals surface area contributed by atoms with Gasteiger partial charge in [0, 0.05) is 19.7 Å². The van der Waals surface area contributed by atoms with Crippen molar-refractivity contribution in [2.75, 3.05) is 0 Å². The zero-order valence-electron chi connectivity index (χ0n) is 7.85. The summed E-state index contributed by atoms with van der Waals surface area (Å²) in [6.07, 6.45) is 0. The van der Waals surface area contributed by atoms with Crippen LogP contribution < -0.4 is 0 Å². The number of hydrogen-bond donors (Lipinski definition) is 1. The predicted octanol–water partition coefficient (Wildman–Crippen LogP) is 4.78. The third-order valence-corrected chi connectivity index (χ3v) is 3.73. The van der Waals surface area contributed by atoms with E-state index >= 15 is 0 Å². The van der Waals surface area contributed by atoms with Crippen molar-refractivity contribution in [2.45, 2.75) is 14.7 Å². The van der Waals surface area contributed by atoms with Crippen LogP contribution in [0.3, 0.4) is 0 Å². The van der Waals surface area contributed by atoms with Crippen LogP contribution in [0.4, 0.5) is 0 Å². The molecule has 0 nitrogen and oxygen atoms in total. The zero-order valence-corrected chi connectivity index (χ0v) is 10.3. The van der Waals surface area contributed by atoms with Crippen molar-refractivity contribution < 1.29 is 0 Å². The van der Waals surface area contributed by atoms with Gasteiger partial charge in [0.25, 0.3) is 0 Å². The fourth-order valence-electron chi connectivity index (χ4n) is 1.20. The van der Waals surface area contributed by atoms with E-state index in [9.17, 15) is 0 Å². The minimum Gasteiger partial charge on any atom is -0.142 e. The first-order chi connectivity index (χ1) is 7.25. The fourth-order valence-corrected chi connectivity index (χ4v) is 2.66. The molecule has 0 aliphatic carbocycles. The quantitative estimate of drug-likeness (QED) is 0.751.